The van der Waals surface area contributed by atoms with Gasteiger partial charge in [-0.25, -0.2) is 8.78 Å². The Morgan fingerprint density at radius 3 is 2.50 bits per heavy atom. The molecule has 0 atom stereocenters. The lowest BCUT2D eigenvalue weighted by Crippen LogP contribution is -2.11. The third kappa shape index (κ3) is 4.32. The summed E-state index contributed by atoms with van der Waals surface area (Å²) in [7, 11) is 0. The highest BCUT2D eigenvalue weighted by Gasteiger charge is 2.04. The minimum atomic E-state index is -0.400. The van der Waals surface area contributed by atoms with Gasteiger partial charge < -0.3 is 5.32 Å². The number of hydrogen-bond donors (Lipinski definition) is 1. The van der Waals surface area contributed by atoms with Crippen molar-refractivity contribution in [1.29, 1.82) is 0 Å². The predicted molar refractivity (Wildman–Crippen MR) is 79.7 cm³/mol. The van der Waals surface area contributed by atoms with Crippen molar-refractivity contribution in [3.05, 3.63) is 65.2 Å². The van der Waals surface area contributed by atoms with E-state index >= 15 is 0 Å². The van der Waals surface area contributed by atoms with E-state index in [0.29, 0.717) is 11.3 Å². The van der Waals surface area contributed by atoms with Crippen LogP contribution in [-0.2, 0) is 12.3 Å². The molecule has 0 unspecified atom stereocenters. The van der Waals surface area contributed by atoms with E-state index in [1.54, 1.807) is 0 Å². The Bertz CT molecular complexity index is 555. The minimum Gasteiger partial charge on any atom is -0.313 e. The zero-order chi connectivity index (χ0) is 14.4. The van der Waals surface area contributed by atoms with Crippen LogP contribution in [0.4, 0.5) is 8.78 Å². The van der Waals surface area contributed by atoms with Crippen LogP contribution in [0.3, 0.4) is 0 Å². The zero-order valence-corrected chi connectivity index (χ0v) is 12.1. The highest BCUT2D eigenvalue weighted by atomic mass is 32.2. The third-order valence-electron chi connectivity index (χ3n) is 2.90. The maximum absolute atomic E-state index is 13.5. The smallest absolute Gasteiger partial charge is 0.127 e. The number of benzene rings is 2. The largest absolute Gasteiger partial charge is 0.313 e. The van der Waals surface area contributed by atoms with Crippen LogP contribution in [0.5, 0.6) is 0 Å². The standard InChI is InChI=1S/C16H17F2NS/c1-2-19-10-12-3-6-15(7-4-12)20-11-13-9-14(17)5-8-16(13)18/h3-9,19H,2,10-11H2,1H3. The van der Waals surface area contributed by atoms with Crippen LogP contribution in [0.2, 0.25) is 0 Å². The Labute approximate surface area is 122 Å². The van der Waals surface area contributed by atoms with Crippen LogP contribution in [0.25, 0.3) is 0 Å². The summed E-state index contributed by atoms with van der Waals surface area (Å²) in [5.41, 5.74) is 1.61. The van der Waals surface area contributed by atoms with Gasteiger partial charge in [-0.2, -0.15) is 0 Å². The van der Waals surface area contributed by atoms with Gasteiger partial charge >= 0.3 is 0 Å². The lowest BCUT2D eigenvalue weighted by atomic mass is 10.2. The number of halogens is 2. The van der Waals surface area contributed by atoms with Crippen molar-refractivity contribution in [3.63, 3.8) is 0 Å². The molecule has 0 aromatic heterocycles. The van der Waals surface area contributed by atoms with Crippen molar-refractivity contribution < 1.29 is 8.78 Å². The molecule has 0 aliphatic rings. The first-order valence-electron chi connectivity index (χ1n) is 6.55. The summed E-state index contributed by atoms with van der Waals surface area (Å²) < 4.78 is 26.5. The van der Waals surface area contributed by atoms with E-state index < -0.39 is 5.82 Å². The molecule has 0 heterocycles. The summed E-state index contributed by atoms with van der Waals surface area (Å²) >= 11 is 1.50. The van der Waals surface area contributed by atoms with Gasteiger partial charge in [0.1, 0.15) is 11.6 Å². The van der Waals surface area contributed by atoms with Crippen molar-refractivity contribution in [2.24, 2.45) is 0 Å². The second-order valence-electron chi connectivity index (χ2n) is 4.45. The van der Waals surface area contributed by atoms with E-state index in [1.165, 1.54) is 29.5 Å². The third-order valence-corrected chi connectivity index (χ3v) is 3.97. The van der Waals surface area contributed by atoms with Gasteiger partial charge in [-0.15, -0.1) is 11.8 Å². The summed E-state index contributed by atoms with van der Waals surface area (Å²) in [5.74, 6) is -0.332. The zero-order valence-electron chi connectivity index (χ0n) is 11.3. The molecule has 0 aliphatic heterocycles. The second-order valence-corrected chi connectivity index (χ2v) is 5.50. The molecule has 1 nitrogen and oxygen atoms in total. The number of nitrogens with one attached hydrogen (secondary N) is 1. The fraction of sp³-hybridized carbons (Fsp3) is 0.250. The Hall–Kier alpha value is -1.39. The summed E-state index contributed by atoms with van der Waals surface area (Å²) in [5, 5.41) is 3.26. The van der Waals surface area contributed by atoms with E-state index in [-0.39, 0.29) is 5.82 Å². The van der Waals surface area contributed by atoms with Crippen LogP contribution in [-0.4, -0.2) is 6.54 Å². The summed E-state index contributed by atoms with van der Waals surface area (Å²) in [6.07, 6.45) is 0. The molecular weight excluding hydrogens is 276 g/mol. The molecule has 0 fully saturated rings. The van der Waals surface area contributed by atoms with Gasteiger partial charge in [0, 0.05) is 22.8 Å². The summed E-state index contributed by atoms with van der Waals surface area (Å²) in [6.45, 7) is 3.85. The fourth-order valence-corrected chi connectivity index (χ4v) is 2.66. The SMILES string of the molecule is CCNCc1ccc(SCc2cc(F)ccc2F)cc1. The molecule has 1 N–H and O–H groups in total. The maximum Gasteiger partial charge on any atom is 0.127 e. The van der Waals surface area contributed by atoms with E-state index in [2.05, 4.69) is 12.2 Å². The normalized spacial score (nSPS) is 10.8. The molecule has 20 heavy (non-hydrogen) atoms. The monoisotopic (exact) mass is 293 g/mol. The summed E-state index contributed by atoms with van der Waals surface area (Å²) in [6, 6.07) is 11.7. The van der Waals surface area contributed by atoms with Gasteiger partial charge in [0.2, 0.25) is 0 Å². The van der Waals surface area contributed by atoms with Gasteiger partial charge in [-0.05, 0) is 42.4 Å². The molecule has 0 aliphatic carbocycles. The first-order chi connectivity index (χ1) is 9.69. The van der Waals surface area contributed by atoms with Gasteiger partial charge in [-0.1, -0.05) is 19.1 Å². The van der Waals surface area contributed by atoms with Gasteiger partial charge in [-0.3, -0.25) is 0 Å². The molecule has 2 aromatic carbocycles. The Morgan fingerprint density at radius 1 is 1.05 bits per heavy atom. The molecule has 0 radical (unpaired) electrons. The number of thioether (sulfide) groups is 1. The summed E-state index contributed by atoms with van der Waals surface area (Å²) in [4.78, 5) is 1.05. The van der Waals surface area contributed by atoms with E-state index in [9.17, 15) is 8.78 Å². The highest BCUT2D eigenvalue weighted by Crippen LogP contribution is 2.24. The van der Waals surface area contributed by atoms with Crippen molar-refractivity contribution in [2.75, 3.05) is 6.54 Å². The van der Waals surface area contributed by atoms with Gasteiger partial charge in [0.25, 0.3) is 0 Å². The molecule has 2 aromatic rings. The molecule has 106 valence electrons. The van der Waals surface area contributed by atoms with Gasteiger partial charge in [0.05, 0.1) is 0 Å². The predicted octanol–water partition coefficient (Wildman–Crippen LogP) is 4.37. The average Bonchev–Trinajstić information content (AvgIpc) is 2.47. The Morgan fingerprint density at radius 2 is 1.80 bits per heavy atom. The van der Waals surface area contributed by atoms with Crippen molar-refractivity contribution in [3.8, 4) is 0 Å². The quantitative estimate of drug-likeness (QED) is 0.794. The lowest BCUT2D eigenvalue weighted by Gasteiger charge is -2.06. The molecule has 0 spiro atoms. The second kappa shape index (κ2) is 7.41. The minimum absolute atomic E-state index is 0.359. The van der Waals surface area contributed by atoms with Gasteiger partial charge in [0.15, 0.2) is 0 Å². The first-order valence-corrected chi connectivity index (χ1v) is 7.54. The van der Waals surface area contributed by atoms with E-state index in [4.69, 9.17) is 0 Å². The Balaban J connectivity index is 1.95. The van der Waals surface area contributed by atoms with Crippen LogP contribution in [0.15, 0.2) is 47.4 Å². The van der Waals surface area contributed by atoms with Crippen molar-refractivity contribution in [2.45, 2.75) is 24.1 Å². The van der Waals surface area contributed by atoms with Crippen LogP contribution in [0, 0.1) is 11.6 Å². The molecule has 4 heteroatoms. The molecule has 0 saturated carbocycles. The van der Waals surface area contributed by atoms with Crippen LogP contribution < -0.4 is 5.32 Å². The number of rotatable bonds is 6. The molecule has 0 bridgehead atoms. The van der Waals surface area contributed by atoms with E-state index in [0.717, 1.165) is 24.1 Å². The maximum atomic E-state index is 13.5. The van der Waals surface area contributed by atoms with Crippen molar-refractivity contribution >= 4 is 11.8 Å². The highest BCUT2D eigenvalue weighted by molar-refractivity contribution is 7.98. The number of hydrogen-bond acceptors (Lipinski definition) is 2. The molecular formula is C16H17F2NS. The van der Waals surface area contributed by atoms with E-state index in [1.807, 2.05) is 24.3 Å². The molecule has 0 saturated heterocycles. The average molecular weight is 293 g/mol. The molecule has 0 amide bonds. The van der Waals surface area contributed by atoms with Crippen molar-refractivity contribution in [1.82, 2.24) is 5.32 Å². The first kappa shape index (κ1) is 15.0. The van der Waals surface area contributed by atoms with Crippen LogP contribution in [0.1, 0.15) is 18.1 Å². The lowest BCUT2D eigenvalue weighted by molar-refractivity contribution is 0.591. The Kier molecular flexibility index (Phi) is 5.56. The molecule has 2 rings (SSSR count). The van der Waals surface area contributed by atoms with Crippen LogP contribution >= 0.6 is 11.8 Å². The topological polar surface area (TPSA) is 12.0 Å². The fourth-order valence-electron chi connectivity index (χ4n) is 1.79.